The fourth-order valence-electron chi connectivity index (χ4n) is 2.03. The normalized spacial score (nSPS) is 14.0. The molecule has 154 valence electrons. The molecule has 3 unspecified atom stereocenters. The molecule has 3 amide bonds. The lowest BCUT2D eigenvalue weighted by Gasteiger charge is -2.26. The third kappa shape index (κ3) is 9.24. The molecule has 0 aliphatic carbocycles. The summed E-state index contributed by atoms with van der Waals surface area (Å²) in [4.78, 5) is 58.0. The summed E-state index contributed by atoms with van der Waals surface area (Å²) in [7, 11) is 0. The molecule has 0 rings (SSSR count). The molecule has 0 aliphatic heterocycles. The number of thiol groups is 1. The molecule has 0 spiro atoms. The summed E-state index contributed by atoms with van der Waals surface area (Å²) in [6.45, 7) is 2.87. The van der Waals surface area contributed by atoms with Crippen LogP contribution in [0.4, 0.5) is 0 Å². The number of carbonyl (C=O) groups is 5. The van der Waals surface area contributed by atoms with Gasteiger partial charge in [-0.25, -0.2) is 4.79 Å². The number of carboxylic acids is 2. The van der Waals surface area contributed by atoms with Crippen molar-refractivity contribution in [2.45, 2.75) is 44.8 Å². The van der Waals surface area contributed by atoms with Gasteiger partial charge in [-0.3, -0.25) is 19.2 Å². The van der Waals surface area contributed by atoms with Crippen molar-refractivity contribution in [2.75, 3.05) is 12.3 Å². The zero-order valence-corrected chi connectivity index (χ0v) is 16.0. The smallest absolute Gasteiger partial charge is 0.327 e. The van der Waals surface area contributed by atoms with Crippen LogP contribution < -0.4 is 21.7 Å². The fourth-order valence-corrected chi connectivity index (χ4v) is 2.27. The minimum atomic E-state index is -1.28. The van der Waals surface area contributed by atoms with E-state index in [1.54, 1.807) is 13.8 Å². The van der Waals surface area contributed by atoms with E-state index in [9.17, 15) is 24.0 Å². The van der Waals surface area contributed by atoms with Crippen molar-refractivity contribution < 1.29 is 34.2 Å². The van der Waals surface area contributed by atoms with E-state index in [4.69, 9.17) is 15.9 Å². The summed E-state index contributed by atoms with van der Waals surface area (Å²) < 4.78 is 0. The number of rotatable bonds is 12. The Hall–Kier alpha value is -2.34. The first-order valence-corrected chi connectivity index (χ1v) is 8.82. The van der Waals surface area contributed by atoms with Crippen molar-refractivity contribution in [1.82, 2.24) is 16.0 Å². The van der Waals surface area contributed by atoms with Gasteiger partial charge in [0, 0.05) is 12.2 Å². The van der Waals surface area contributed by atoms with Crippen LogP contribution in [0.5, 0.6) is 0 Å². The maximum atomic E-state index is 12.4. The minimum Gasteiger partial charge on any atom is -0.481 e. The minimum absolute atomic E-state index is 0.145. The molecule has 27 heavy (non-hydrogen) atoms. The summed E-state index contributed by atoms with van der Waals surface area (Å²) in [5, 5.41) is 24.8. The largest absolute Gasteiger partial charge is 0.481 e. The van der Waals surface area contributed by atoms with Gasteiger partial charge in [0.15, 0.2) is 0 Å². The molecule has 11 nitrogen and oxygen atoms in total. The third-order valence-electron chi connectivity index (χ3n) is 3.53. The van der Waals surface area contributed by atoms with E-state index in [-0.39, 0.29) is 18.6 Å². The lowest BCUT2D eigenvalue weighted by molar-refractivity contribution is -0.142. The van der Waals surface area contributed by atoms with Gasteiger partial charge in [-0.1, -0.05) is 13.8 Å². The van der Waals surface area contributed by atoms with Gasteiger partial charge >= 0.3 is 11.9 Å². The van der Waals surface area contributed by atoms with Crippen LogP contribution in [0.15, 0.2) is 0 Å². The lowest BCUT2D eigenvalue weighted by atomic mass is 10.0. The Bertz CT molecular complexity index is 570. The van der Waals surface area contributed by atoms with E-state index in [2.05, 4.69) is 28.6 Å². The molecule has 0 aromatic carbocycles. The Morgan fingerprint density at radius 2 is 1.56 bits per heavy atom. The van der Waals surface area contributed by atoms with Crippen LogP contribution >= 0.6 is 12.6 Å². The molecule has 0 saturated carbocycles. The van der Waals surface area contributed by atoms with Crippen LogP contribution in [0.25, 0.3) is 0 Å². The first-order valence-electron chi connectivity index (χ1n) is 8.19. The van der Waals surface area contributed by atoms with E-state index in [1.165, 1.54) is 0 Å². The van der Waals surface area contributed by atoms with Crippen molar-refractivity contribution in [3.63, 3.8) is 0 Å². The number of hydrogen-bond donors (Lipinski definition) is 7. The highest BCUT2D eigenvalue weighted by molar-refractivity contribution is 7.80. The summed E-state index contributed by atoms with van der Waals surface area (Å²) in [5.74, 6) is -5.16. The van der Waals surface area contributed by atoms with Gasteiger partial charge < -0.3 is 31.9 Å². The summed E-state index contributed by atoms with van der Waals surface area (Å²) in [6, 6.07) is -3.54. The van der Waals surface area contributed by atoms with Gasteiger partial charge in [0.25, 0.3) is 0 Å². The molecule has 0 aliphatic rings. The maximum absolute atomic E-state index is 12.4. The number of hydrogen-bond acceptors (Lipinski definition) is 7. The molecule has 0 radical (unpaired) electrons. The van der Waals surface area contributed by atoms with Crippen molar-refractivity contribution in [3.8, 4) is 0 Å². The molecule has 3 atom stereocenters. The van der Waals surface area contributed by atoms with Crippen LogP contribution in [0.2, 0.25) is 0 Å². The molecule has 0 bridgehead atoms. The predicted octanol–water partition coefficient (Wildman–Crippen LogP) is -2.07. The Balaban J connectivity index is 5.21. The van der Waals surface area contributed by atoms with E-state index in [0.29, 0.717) is 0 Å². The van der Waals surface area contributed by atoms with Gasteiger partial charge in [0.2, 0.25) is 17.7 Å². The second-order valence-corrected chi connectivity index (χ2v) is 6.43. The molecular weight excluding hydrogens is 380 g/mol. The molecule has 7 N–H and O–H groups in total. The molecule has 0 heterocycles. The molecule has 0 fully saturated rings. The monoisotopic (exact) mass is 406 g/mol. The van der Waals surface area contributed by atoms with Crippen molar-refractivity contribution in [2.24, 2.45) is 11.7 Å². The molecule has 0 aromatic heterocycles. The van der Waals surface area contributed by atoms with Crippen LogP contribution in [-0.2, 0) is 24.0 Å². The number of amides is 3. The lowest BCUT2D eigenvalue weighted by Crippen LogP contribution is -2.58. The predicted molar refractivity (Wildman–Crippen MR) is 98.0 cm³/mol. The third-order valence-corrected chi connectivity index (χ3v) is 3.89. The molecule has 12 heteroatoms. The maximum Gasteiger partial charge on any atom is 0.327 e. The Kier molecular flexibility index (Phi) is 11.1. The number of nitrogens with two attached hydrogens (primary N) is 1. The second-order valence-electron chi connectivity index (χ2n) is 6.07. The van der Waals surface area contributed by atoms with Crippen LogP contribution in [0, 0.1) is 5.92 Å². The van der Waals surface area contributed by atoms with Crippen LogP contribution in [0.1, 0.15) is 26.7 Å². The van der Waals surface area contributed by atoms with Crippen molar-refractivity contribution in [3.05, 3.63) is 0 Å². The fraction of sp³-hybridized carbons (Fsp3) is 0.667. The molecule has 0 saturated heterocycles. The zero-order valence-electron chi connectivity index (χ0n) is 15.1. The number of nitrogens with one attached hydrogen (secondary N) is 3. The molecule has 0 aromatic rings. The standard InChI is InChI=1S/C15H26N4O7S/c1-7(2)12(14(24)18-9(6-27)15(25)26)19-13(23)8(3-4-11(21)22)17-10(20)5-16/h7-9,12,27H,3-6,16H2,1-2H3,(H,17,20)(H,18,24)(H,19,23)(H,21,22)(H,25,26). The highest BCUT2D eigenvalue weighted by Crippen LogP contribution is 2.06. The summed E-state index contributed by atoms with van der Waals surface area (Å²) in [5.41, 5.74) is 5.19. The van der Waals surface area contributed by atoms with Crippen molar-refractivity contribution in [1.29, 1.82) is 0 Å². The van der Waals surface area contributed by atoms with Crippen LogP contribution in [0.3, 0.4) is 0 Å². The number of carbonyl (C=O) groups excluding carboxylic acids is 3. The second kappa shape index (κ2) is 12.1. The van der Waals surface area contributed by atoms with Gasteiger partial charge in [0.05, 0.1) is 6.54 Å². The first kappa shape index (κ1) is 24.7. The Labute approximate surface area is 161 Å². The van der Waals surface area contributed by atoms with E-state index < -0.39 is 60.2 Å². The summed E-state index contributed by atoms with van der Waals surface area (Å²) >= 11 is 3.85. The quantitative estimate of drug-likeness (QED) is 0.180. The SMILES string of the molecule is CC(C)C(NC(=O)C(CCC(=O)O)NC(=O)CN)C(=O)NC(CS)C(=O)O. The van der Waals surface area contributed by atoms with Gasteiger partial charge in [-0.2, -0.15) is 12.6 Å². The number of aliphatic carboxylic acids is 2. The average Bonchev–Trinajstić information content (AvgIpc) is 2.59. The van der Waals surface area contributed by atoms with Crippen LogP contribution in [-0.4, -0.2) is 70.3 Å². The zero-order chi connectivity index (χ0) is 21.1. The molecular formula is C15H26N4O7S. The first-order chi connectivity index (χ1) is 12.5. The van der Waals surface area contributed by atoms with Crippen molar-refractivity contribution >= 4 is 42.3 Å². The van der Waals surface area contributed by atoms with E-state index in [0.717, 1.165) is 0 Å². The van der Waals surface area contributed by atoms with Gasteiger partial charge in [0.1, 0.15) is 18.1 Å². The van der Waals surface area contributed by atoms with Gasteiger partial charge in [-0.15, -0.1) is 0 Å². The average molecular weight is 406 g/mol. The van der Waals surface area contributed by atoms with E-state index >= 15 is 0 Å². The Morgan fingerprint density at radius 3 is 1.96 bits per heavy atom. The Morgan fingerprint density at radius 1 is 0.963 bits per heavy atom. The summed E-state index contributed by atoms with van der Waals surface area (Å²) in [6.07, 6.45) is -0.587. The highest BCUT2D eigenvalue weighted by atomic mass is 32.1. The van der Waals surface area contributed by atoms with E-state index in [1.807, 2.05) is 0 Å². The topological polar surface area (TPSA) is 188 Å². The van der Waals surface area contributed by atoms with Gasteiger partial charge in [-0.05, 0) is 12.3 Å². The number of carboxylic acid groups (broad SMARTS) is 2. The highest BCUT2D eigenvalue weighted by Gasteiger charge is 2.31.